The third-order valence-electron chi connectivity index (χ3n) is 4.49. The van der Waals surface area contributed by atoms with Crippen molar-refractivity contribution in [2.45, 2.75) is 25.5 Å². The molecule has 5 nitrogen and oxygen atoms in total. The van der Waals surface area contributed by atoms with Crippen molar-refractivity contribution in [3.8, 4) is 0 Å². The molecule has 1 N–H and O–H groups in total. The van der Waals surface area contributed by atoms with E-state index in [2.05, 4.69) is 10.3 Å². The normalized spacial score (nSPS) is 16.2. The maximum Gasteiger partial charge on any atom is 0.260 e. The summed E-state index contributed by atoms with van der Waals surface area (Å²) in [5.74, 6) is -0.416. The monoisotopic (exact) mass is 381 g/mol. The van der Waals surface area contributed by atoms with E-state index in [-0.39, 0.29) is 18.2 Å². The first-order valence-electron chi connectivity index (χ1n) is 8.78. The first-order chi connectivity index (χ1) is 12.8. The smallest absolute Gasteiger partial charge is 0.260 e. The Labute approximate surface area is 163 Å². The number of anilines is 2. The van der Waals surface area contributed by atoms with Crippen molar-refractivity contribution < 1.29 is 9.59 Å². The lowest BCUT2D eigenvalue weighted by Gasteiger charge is -2.13. The molecule has 1 atom stereocenters. The maximum atomic E-state index is 12.4. The van der Waals surface area contributed by atoms with Crippen LogP contribution in [0.25, 0.3) is 0 Å². The van der Waals surface area contributed by atoms with Crippen LogP contribution in [0.4, 0.5) is 11.4 Å². The first-order valence-corrected chi connectivity index (χ1v) is 9.66. The summed E-state index contributed by atoms with van der Waals surface area (Å²) in [5, 5.41) is 3.14. The average Bonchev–Trinajstić information content (AvgIpc) is 2.99. The van der Waals surface area contributed by atoms with E-state index in [4.69, 9.17) is 0 Å². The third-order valence-corrected chi connectivity index (χ3v) is 5.69. The molecule has 0 aromatic heterocycles. The van der Waals surface area contributed by atoms with E-state index in [9.17, 15) is 9.59 Å². The molecule has 140 valence electrons. The number of para-hydroxylation sites is 1. The van der Waals surface area contributed by atoms with Gasteiger partial charge in [-0.05, 0) is 37.1 Å². The summed E-state index contributed by atoms with van der Waals surface area (Å²) in [5.41, 5.74) is 4.81. The fourth-order valence-electron chi connectivity index (χ4n) is 2.92. The van der Waals surface area contributed by atoms with Crippen molar-refractivity contribution in [3.63, 3.8) is 0 Å². The van der Waals surface area contributed by atoms with E-state index < -0.39 is 5.25 Å². The highest BCUT2D eigenvalue weighted by Gasteiger charge is 2.31. The number of aryl methyl sites for hydroxylation is 2. The average molecular weight is 382 g/mol. The van der Waals surface area contributed by atoms with Gasteiger partial charge in [-0.3, -0.25) is 9.59 Å². The van der Waals surface area contributed by atoms with Crippen LogP contribution in [0.3, 0.4) is 0 Å². The van der Waals surface area contributed by atoms with E-state index in [1.165, 1.54) is 11.8 Å². The largest absolute Gasteiger partial charge is 0.378 e. The summed E-state index contributed by atoms with van der Waals surface area (Å²) in [6.07, 6.45) is 0.111. The van der Waals surface area contributed by atoms with E-state index in [1.54, 1.807) is 0 Å². The topological polar surface area (TPSA) is 61.8 Å². The fraction of sp³-hybridized carbons (Fsp3) is 0.286. The van der Waals surface area contributed by atoms with Crippen LogP contribution in [0.5, 0.6) is 0 Å². The van der Waals surface area contributed by atoms with Gasteiger partial charge in [0.15, 0.2) is 0 Å². The highest BCUT2D eigenvalue weighted by Crippen LogP contribution is 2.30. The molecule has 27 heavy (non-hydrogen) atoms. The lowest BCUT2D eigenvalue weighted by molar-refractivity contribution is -0.121. The molecule has 0 bridgehead atoms. The molecule has 2 aromatic carbocycles. The molecule has 2 amide bonds. The lowest BCUT2D eigenvalue weighted by Crippen LogP contribution is -2.22. The van der Waals surface area contributed by atoms with Gasteiger partial charge < -0.3 is 10.2 Å². The van der Waals surface area contributed by atoms with Gasteiger partial charge in [-0.2, -0.15) is 0 Å². The molecule has 6 heteroatoms. The minimum Gasteiger partial charge on any atom is -0.378 e. The Morgan fingerprint density at radius 1 is 1.11 bits per heavy atom. The Bertz CT molecular complexity index is 884. The first kappa shape index (κ1) is 19.2. The molecular formula is C21H23N3O2S. The number of rotatable bonds is 5. The Morgan fingerprint density at radius 3 is 2.33 bits per heavy atom. The number of carbonyl (C=O) groups is 2. The van der Waals surface area contributed by atoms with E-state index in [0.29, 0.717) is 5.04 Å². The predicted molar refractivity (Wildman–Crippen MR) is 113 cm³/mol. The summed E-state index contributed by atoms with van der Waals surface area (Å²) in [6, 6.07) is 13.8. The summed E-state index contributed by atoms with van der Waals surface area (Å²) >= 11 is 1.36. The van der Waals surface area contributed by atoms with Crippen molar-refractivity contribution in [1.82, 2.24) is 0 Å². The Hall–Kier alpha value is -2.60. The minimum atomic E-state index is -0.474. The zero-order chi connectivity index (χ0) is 19.6. The minimum absolute atomic E-state index is 0.111. The van der Waals surface area contributed by atoms with Crippen molar-refractivity contribution >= 4 is 40.0 Å². The highest BCUT2D eigenvalue weighted by atomic mass is 32.2. The number of carbonyl (C=O) groups excluding carboxylic acids is 2. The van der Waals surface area contributed by atoms with Crippen molar-refractivity contribution in [3.05, 3.63) is 59.2 Å². The Balaban J connectivity index is 1.64. The SMILES string of the molecule is Cc1cccc(C)c1NC(=O)C[C@@H]1SC(c2ccc(N(C)C)cc2)=NC1=O. The second-order valence-electron chi connectivity index (χ2n) is 6.82. The number of nitrogens with zero attached hydrogens (tertiary/aromatic N) is 2. The molecular weight excluding hydrogens is 358 g/mol. The molecule has 3 rings (SSSR count). The zero-order valence-electron chi connectivity index (χ0n) is 15.9. The van der Waals surface area contributed by atoms with Gasteiger partial charge >= 0.3 is 0 Å². The van der Waals surface area contributed by atoms with Crippen LogP contribution < -0.4 is 10.2 Å². The van der Waals surface area contributed by atoms with Crippen LogP contribution in [0.1, 0.15) is 23.1 Å². The van der Waals surface area contributed by atoms with Gasteiger partial charge in [-0.1, -0.05) is 42.1 Å². The number of benzene rings is 2. The van der Waals surface area contributed by atoms with Gasteiger partial charge in [0, 0.05) is 37.5 Å². The van der Waals surface area contributed by atoms with Gasteiger partial charge in [0.2, 0.25) is 5.91 Å². The Morgan fingerprint density at radius 2 is 1.74 bits per heavy atom. The number of hydrogen-bond donors (Lipinski definition) is 1. The summed E-state index contributed by atoms with van der Waals surface area (Å²) < 4.78 is 0. The van der Waals surface area contributed by atoms with Crippen molar-refractivity contribution in [2.75, 3.05) is 24.3 Å². The molecule has 0 radical (unpaired) electrons. The third kappa shape index (κ3) is 4.39. The maximum absolute atomic E-state index is 12.4. The molecule has 0 spiro atoms. The molecule has 1 aliphatic rings. The lowest BCUT2D eigenvalue weighted by atomic mass is 10.1. The van der Waals surface area contributed by atoms with E-state index in [1.807, 2.05) is 75.3 Å². The molecule has 0 saturated heterocycles. The van der Waals surface area contributed by atoms with Crippen molar-refractivity contribution in [1.29, 1.82) is 0 Å². The summed E-state index contributed by atoms with van der Waals surface area (Å²) in [7, 11) is 3.95. The number of aliphatic imine (C=N–C) groups is 1. The zero-order valence-corrected chi connectivity index (χ0v) is 16.8. The summed E-state index contributed by atoms with van der Waals surface area (Å²) in [6.45, 7) is 3.91. The molecule has 1 heterocycles. The molecule has 0 saturated carbocycles. The molecule has 1 aliphatic heterocycles. The van der Waals surface area contributed by atoms with E-state index >= 15 is 0 Å². The highest BCUT2D eigenvalue weighted by molar-refractivity contribution is 8.16. The van der Waals surface area contributed by atoms with Crippen molar-refractivity contribution in [2.24, 2.45) is 4.99 Å². The van der Waals surface area contributed by atoms with Gasteiger partial charge in [-0.15, -0.1) is 0 Å². The van der Waals surface area contributed by atoms with E-state index in [0.717, 1.165) is 28.1 Å². The van der Waals surface area contributed by atoms with Crippen LogP contribution in [-0.4, -0.2) is 36.2 Å². The number of hydrogen-bond acceptors (Lipinski definition) is 4. The van der Waals surface area contributed by atoms with Crippen LogP contribution in [-0.2, 0) is 9.59 Å². The number of nitrogens with one attached hydrogen (secondary N) is 1. The van der Waals surface area contributed by atoms with Gasteiger partial charge in [0.25, 0.3) is 5.91 Å². The second-order valence-corrected chi connectivity index (χ2v) is 8.01. The van der Waals surface area contributed by atoms with Gasteiger partial charge in [0.05, 0.1) is 0 Å². The molecule has 0 fully saturated rings. The second kappa shape index (κ2) is 7.96. The van der Waals surface area contributed by atoms with Crippen LogP contribution in [0.15, 0.2) is 47.5 Å². The quantitative estimate of drug-likeness (QED) is 0.856. The standard InChI is InChI=1S/C21H23N3O2S/c1-13-6-5-7-14(2)19(13)22-18(25)12-17-20(26)23-21(27-17)15-8-10-16(11-9-15)24(3)4/h5-11,17H,12H2,1-4H3,(H,22,25)/t17-/m0/s1. The molecule has 0 unspecified atom stereocenters. The van der Waals surface area contributed by atoms with Gasteiger partial charge in [0.1, 0.15) is 10.3 Å². The summed E-state index contributed by atoms with van der Waals surface area (Å²) in [4.78, 5) is 30.9. The predicted octanol–water partition coefficient (Wildman–Crippen LogP) is 3.79. The number of thioether (sulfide) groups is 1. The van der Waals surface area contributed by atoms with Crippen LogP contribution in [0.2, 0.25) is 0 Å². The van der Waals surface area contributed by atoms with Gasteiger partial charge in [-0.25, -0.2) is 4.99 Å². The molecule has 0 aliphatic carbocycles. The number of amides is 2. The molecule has 2 aromatic rings. The fourth-order valence-corrected chi connectivity index (χ4v) is 3.99. The van der Waals surface area contributed by atoms with Crippen LogP contribution in [0, 0.1) is 13.8 Å². The van der Waals surface area contributed by atoms with Crippen LogP contribution >= 0.6 is 11.8 Å². The Kier molecular flexibility index (Phi) is 5.65.